The van der Waals surface area contributed by atoms with Gasteiger partial charge in [-0.3, -0.25) is 5.43 Å². The summed E-state index contributed by atoms with van der Waals surface area (Å²) in [5.41, 5.74) is 4.59. The Bertz CT molecular complexity index is 412. The molecule has 1 aromatic carbocycles. The zero-order chi connectivity index (χ0) is 11.5. The third-order valence-corrected chi connectivity index (χ3v) is 2.68. The van der Waals surface area contributed by atoms with E-state index in [-0.39, 0.29) is 0 Å². The summed E-state index contributed by atoms with van der Waals surface area (Å²) >= 11 is 5.93. The van der Waals surface area contributed by atoms with E-state index in [0.717, 1.165) is 24.1 Å². The van der Waals surface area contributed by atoms with Crippen molar-refractivity contribution in [3.05, 3.63) is 28.8 Å². The highest BCUT2D eigenvalue weighted by atomic mass is 35.5. The van der Waals surface area contributed by atoms with Gasteiger partial charge in [0.2, 0.25) is 5.96 Å². The molecule has 0 radical (unpaired) electrons. The summed E-state index contributed by atoms with van der Waals surface area (Å²) in [7, 11) is 0. The fourth-order valence-electron chi connectivity index (χ4n) is 1.35. The van der Waals surface area contributed by atoms with Crippen LogP contribution in [0.5, 0.6) is 0 Å². The summed E-state index contributed by atoms with van der Waals surface area (Å²) in [5.74, 6) is 6.00. The van der Waals surface area contributed by atoms with Crippen molar-refractivity contribution in [2.75, 3.05) is 5.32 Å². The van der Waals surface area contributed by atoms with Gasteiger partial charge >= 0.3 is 0 Å². The normalized spacial score (nSPS) is 16.1. The zero-order valence-electron chi connectivity index (χ0n) is 9.13. The number of nitrogens with one attached hydrogen (secondary N) is 2. The molecule has 0 unspecified atom stereocenters. The number of hydrogen-bond acceptors (Lipinski definition) is 2. The SMILES string of the molecule is Cc1ccc(Cl)cc1NC(=NC1CC1)NN. The third kappa shape index (κ3) is 2.87. The molecule has 0 spiro atoms. The minimum Gasteiger partial charge on any atom is -0.325 e. The van der Waals surface area contributed by atoms with Crippen LogP contribution in [0.25, 0.3) is 0 Å². The first-order valence-corrected chi connectivity index (χ1v) is 5.64. The van der Waals surface area contributed by atoms with Crippen LogP contribution in [0.3, 0.4) is 0 Å². The second-order valence-electron chi connectivity index (χ2n) is 3.94. The first-order chi connectivity index (χ1) is 7.69. The Hall–Kier alpha value is -1.26. The van der Waals surface area contributed by atoms with Gasteiger partial charge < -0.3 is 5.32 Å². The van der Waals surface area contributed by atoms with Crippen molar-refractivity contribution in [1.82, 2.24) is 5.43 Å². The van der Waals surface area contributed by atoms with Crippen molar-refractivity contribution in [3.63, 3.8) is 0 Å². The van der Waals surface area contributed by atoms with Crippen LogP contribution in [0.4, 0.5) is 5.69 Å². The number of halogens is 1. The number of aryl methyl sites for hydroxylation is 1. The number of nitrogens with two attached hydrogens (primary N) is 1. The van der Waals surface area contributed by atoms with E-state index < -0.39 is 0 Å². The summed E-state index contributed by atoms with van der Waals surface area (Å²) in [6.07, 6.45) is 2.28. The summed E-state index contributed by atoms with van der Waals surface area (Å²) in [5, 5.41) is 3.83. The van der Waals surface area contributed by atoms with Crippen LogP contribution in [-0.4, -0.2) is 12.0 Å². The maximum atomic E-state index is 5.93. The van der Waals surface area contributed by atoms with Crippen molar-refractivity contribution in [2.45, 2.75) is 25.8 Å². The van der Waals surface area contributed by atoms with Crippen LogP contribution in [0.15, 0.2) is 23.2 Å². The molecule has 0 aliphatic heterocycles. The van der Waals surface area contributed by atoms with E-state index in [1.807, 2.05) is 25.1 Å². The molecule has 1 fully saturated rings. The lowest BCUT2D eigenvalue weighted by molar-refractivity contribution is 0.965. The van der Waals surface area contributed by atoms with Gasteiger partial charge in [-0.25, -0.2) is 10.8 Å². The number of anilines is 1. The summed E-state index contributed by atoms with van der Waals surface area (Å²) in [4.78, 5) is 4.40. The molecule has 1 aliphatic rings. The van der Waals surface area contributed by atoms with Gasteiger partial charge in [-0.2, -0.15) is 0 Å². The molecule has 4 nitrogen and oxygen atoms in total. The Morgan fingerprint density at radius 1 is 1.50 bits per heavy atom. The predicted octanol–water partition coefficient (Wildman–Crippen LogP) is 2.04. The largest absolute Gasteiger partial charge is 0.325 e. The van der Waals surface area contributed by atoms with E-state index in [2.05, 4.69) is 15.7 Å². The molecule has 0 aromatic heterocycles. The van der Waals surface area contributed by atoms with E-state index in [9.17, 15) is 0 Å². The molecule has 0 heterocycles. The molecule has 0 amide bonds. The second kappa shape index (κ2) is 4.72. The summed E-state index contributed by atoms with van der Waals surface area (Å²) in [6.45, 7) is 2.00. The average Bonchev–Trinajstić information content (AvgIpc) is 3.06. The molecule has 0 bridgehead atoms. The second-order valence-corrected chi connectivity index (χ2v) is 4.37. The Balaban J connectivity index is 2.14. The van der Waals surface area contributed by atoms with Crippen LogP contribution in [-0.2, 0) is 0 Å². The molecule has 0 atom stereocenters. The molecule has 86 valence electrons. The quantitative estimate of drug-likeness (QED) is 0.320. The van der Waals surface area contributed by atoms with Gasteiger partial charge in [0.1, 0.15) is 0 Å². The Morgan fingerprint density at radius 2 is 2.25 bits per heavy atom. The van der Waals surface area contributed by atoms with Crippen molar-refractivity contribution in [1.29, 1.82) is 0 Å². The minimum absolute atomic E-state index is 0.415. The fraction of sp³-hybridized carbons (Fsp3) is 0.364. The molecule has 1 aromatic rings. The monoisotopic (exact) mass is 238 g/mol. The van der Waals surface area contributed by atoms with Gasteiger partial charge in [-0.1, -0.05) is 17.7 Å². The van der Waals surface area contributed by atoms with Gasteiger partial charge in [0.25, 0.3) is 0 Å². The summed E-state index contributed by atoms with van der Waals surface area (Å²) < 4.78 is 0. The van der Waals surface area contributed by atoms with Crippen LogP contribution < -0.4 is 16.6 Å². The zero-order valence-corrected chi connectivity index (χ0v) is 9.88. The Labute approximate surface area is 99.9 Å². The minimum atomic E-state index is 0.415. The Kier molecular flexibility index (Phi) is 3.31. The third-order valence-electron chi connectivity index (χ3n) is 2.45. The molecular formula is C11H15ClN4. The van der Waals surface area contributed by atoms with Crippen LogP contribution in [0.1, 0.15) is 18.4 Å². The number of rotatable bonds is 2. The van der Waals surface area contributed by atoms with E-state index in [1.165, 1.54) is 0 Å². The van der Waals surface area contributed by atoms with Gasteiger partial charge in [0, 0.05) is 10.7 Å². The van der Waals surface area contributed by atoms with Crippen molar-refractivity contribution in [3.8, 4) is 0 Å². The standard InChI is InChI=1S/C11H15ClN4/c1-7-2-3-8(12)6-10(7)15-11(16-13)14-9-4-5-9/h2-3,6,9H,4-5,13H2,1H3,(H2,14,15,16). The van der Waals surface area contributed by atoms with E-state index in [4.69, 9.17) is 17.4 Å². The lowest BCUT2D eigenvalue weighted by Crippen LogP contribution is -2.36. The maximum Gasteiger partial charge on any atom is 0.210 e. The number of guanidine groups is 1. The smallest absolute Gasteiger partial charge is 0.210 e. The maximum absolute atomic E-state index is 5.93. The molecule has 1 aliphatic carbocycles. The molecule has 16 heavy (non-hydrogen) atoms. The van der Waals surface area contributed by atoms with Crippen LogP contribution >= 0.6 is 11.6 Å². The highest BCUT2D eigenvalue weighted by Crippen LogP contribution is 2.24. The molecule has 0 saturated heterocycles. The lowest BCUT2D eigenvalue weighted by atomic mass is 10.2. The number of benzene rings is 1. The summed E-state index contributed by atoms with van der Waals surface area (Å²) in [6, 6.07) is 6.08. The van der Waals surface area contributed by atoms with Crippen molar-refractivity contribution >= 4 is 23.2 Å². The van der Waals surface area contributed by atoms with E-state index in [0.29, 0.717) is 17.0 Å². The molecule has 5 heteroatoms. The van der Waals surface area contributed by atoms with Gasteiger partial charge in [-0.15, -0.1) is 0 Å². The number of hydrogen-bond donors (Lipinski definition) is 3. The highest BCUT2D eigenvalue weighted by molar-refractivity contribution is 6.31. The van der Waals surface area contributed by atoms with Crippen molar-refractivity contribution in [2.24, 2.45) is 10.8 Å². The number of nitrogens with zero attached hydrogens (tertiary/aromatic N) is 1. The van der Waals surface area contributed by atoms with Crippen molar-refractivity contribution < 1.29 is 0 Å². The average molecular weight is 239 g/mol. The van der Waals surface area contributed by atoms with Crippen LogP contribution in [0, 0.1) is 6.92 Å². The topological polar surface area (TPSA) is 62.4 Å². The number of hydrazine groups is 1. The Morgan fingerprint density at radius 3 is 2.88 bits per heavy atom. The highest BCUT2D eigenvalue weighted by Gasteiger charge is 2.21. The first-order valence-electron chi connectivity index (χ1n) is 5.26. The molecular weight excluding hydrogens is 224 g/mol. The molecule has 2 rings (SSSR count). The van der Waals surface area contributed by atoms with E-state index >= 15 is 0 Å². The van der Waals surface area contributed by atoms with Gasteiger partial charge in [0.15, 0.2) is 0 Å². The van der Waals surface area contributed by atoms with Gasteiger partial charge in [0.05, 0.1) is 6.04 Å². The number of aliphatic imine (C=N–C) groups is 1. The molecule has 1 saturated carbocycles. The van der Waals surface area contributed by atoms with Gasteiger partial charge in [-0.05, 0) is 37.5 Å². The molecule has 4 N–H and O–H groups in total. The lowest BCUT2D eigenvalue weighted by Gasteiger charge is -2.11. The van der Waals surface area contributed by atoms with E-state index in [1.54, 1.807) is 0 Å². The predicted molar refractivity (Wildman–Crippen MR) is 67.6 cm³/mol. The first kappa shape index (κ1) is 11.2. The van der Waals surface area contributed by atoms with Crippen LogP contribution in [0.2, 0.25) is 5.02 Å². The fourth-order valence-corrected chi connectivity index (χ4v) is 1.52.